The van der Waals surface area contributed by atoms with E-state index in [1.165, 1.54) is 17.0 Å². The van der Waals surface area contributed by atoms with Crippen LogP contribution < -0.4 is 0 Å². The van der Waals surface area contributed by atoms with Gasteiger partial charge in [0.05, 0.1) is 17.0 Å². The van der Waals surface area contributed by atoms with Gasteiger partial charge in [0, 0.05) is 18.5 Å². The molecule has 2 aromatic rings. The molecule has 0 bridgehead atoms. The van der Waals surface area contributed by atoms with Crippen LogP contribution in [0.15, 0.2) is 30.6 Å². The lowest BCUT2D eigenvalue weighted by Gasteiger charge is -2.05. The first-order valence-corrected chi connectivity index (χ1v) is 4.96. The molecule has 1 heterocycles. The molecule has 0 aliphatic carbocycles. The Morgan fingerprint density at radius 2 is 2.33 bits per heavy atom. The molecule has 0 amide bonds. The summed E-state index contributed by atoms with van der Waals surface area (Å²) in [4.78, 5) is 14.0. The van der Waals surface area contributed by atoms with Gasteiger partial charge < -0.3 is 4.57 Å². The number of nitriles is 1. The van der Waals surface area contributed by atoms with Crippen LogP contribution in [0.25, 0.3) is 0 Å². The highest BCUT2D eigenvalue weighted by molar-refractivity contribution is 5.40. The highest BCUT2D eigenvalue weighted by Crippen LogP contribution is 2.20. The summed E-state index contributed by atoms with van der Waals surface area (Å²) in [6, 6.07) is 5.06. The van der Waals surface area contributed by atoms with Crippen LogP contribution in [0.5, 0.6) is 0 Å². The van der Waals surface area contributed by atoms with Crippen LogP contribution in [0, 0.1) is 27.3 Å². The molecule has 0 saturated heterocycles. The van der Waals surface area contributed by atoms with Gasteiger partial charge in [-0.15, -0.1) is 0 Å². The highest BCUT2D eigenvalue weighted by Gasteiger charge is 2.15. The van der Waals surface area contributed by atoms with Crippen molar-refractivity contribution < 1.29 is 9.31 Å². The Morgan fingerprint density at radius 3 is 3.00 bits per heavy atom. The van der Waals surface area contributed by atoms with Crippen molar-refractivity contribution in [1.82, 2.24) is 9.55 Å². The number of aromatic nitrogens is 2. The average molecular weight is 246 g/mol. The monoisotopic (exact) mass is 246 g/mol. The fourth-order valence-corrected chi connectivity index (χ4v) is 1.59. The van der Waals surface area contributed by atoms with E-state index < -0.39 is 10.7 Å². The van der Waals surface area contributed by atoms with E-state index in [1.54, 1.807) is 0 Å². The van der Waals surface area contributed by atoms with Gasteiger partial charge in [-0.3, -0.25) is 10.1 Å². The third kappa shape index (κ3) is 2.17. The van der Waals surface area contributed by atoms with Gasteiger partial charge in [-0.1, -0.05) is 0 Å². The Bertz CT molecular complexity index is 645. The predicted octanol–water partition coefficient (Wildman–Crippen LogP) is 1.85. The van der Waals surface area contributed by atoms with Crippen molar-refractivity contribution in [3.63, 3.8) is 0 Å². The number of hydrogen-bond donors (Lipinski definition) is 0. The zero-order valence-corrected chi connectivity index (χ0v) is 9.08. The second-order valence-electron chi connectivity index (χ2n) is 3.52. The Balaban J connectivity index is 2.43. The van der Waals surface area contributed by atoms with Gasteiger partial charge in [-0.05, 0) is 12.1 Å². The summed E-state index contributed by atoms with van der Waals surface area (Å²) in [5.41, 5.74) is 0.00323. The molecule has 0 spiro atoms. The SMILES string of the molecule is N#Cc1nccn1Cc1cc(F)ccc1[N+](=O)[O-]. The first-order chi connectivity index (χ1) is 8.61. The molecule has 0 aliphatic rings. The van der Waals surface area contributed by atoms with Crippen LogP contribution >= 0.6 is 0 Å². The molecule has 0 unspecified atom stereocenters. The first-order valence-electron chi connectivity index (χ1n) is 4.96. The van der Waals surface area contributed by atoms with Crippen LogP contribution in [-0.4, -0.2) is 14.5 Å². The standard InChI is InChI=1S/C11H7FN4O2/c12-9-1-2-10(16(17)18)8(5-9)7-15-4-3-14-11(15)6-13/h1-5H,7H2. The molecule has 1 aromatic carbocycles. The second-order valence-corrected chi connectivity index (χ2v) is 3.52. The van der Waals surface area contributed by atoms with Crippen molar-refractivity contribution in [2.75, 3.05) is 0 Å². The van der Waals surface area contributed by atoms with E-state index in [-0.39, 0.29) is 23.6 Å². The van der Waals surface area contributed by atoms with Gasteiger partial charge in [0.15, 0.2) is 0 Å². The summed E-state index contributed by atoms with van der Waals surface area (Å²) in [5.74, 6) is -0.442. The summed E-state index contributed by atoms with van der Waals surface area (Å²) in [5, 5.41) is 19.6. The summed E-state index contributed by atoms with van der Waals surface area (Å²) >= 11 is 0. The number of imidazole rings is 1. The number of halogens is 1. The molecule has 0 saturated carbocycles. The van der Waals surface area contributed by atoms with E-state index in [4.69, 9.17) is 5.26 Å². The molecule has 18 heavy (non-hydrogen) atoms. The largest absolute Gasteiger partial charge is 0.318 e. The highest BCUT2D eigenvalue weighted by atomic mass is 19.1. The molecular formula is C11H7FN4O2. The van der Waals surface area contributed by atoms with Gasteiger partial charge in [0.1, 0.15) is 11.9 Å². The molecule has 0 radical (unpaired) electrons. The van der Waals surface area contributed by atoms with E-state index >= 15 is 0 Å². The van der Waals surface area contributed by atoms with E-state index in [9.17, 15) is 14.5 Å². The van der Waals surface area contributed by atoms with Crippen molar-refractivity contribution >= 4 is 5.69 Å². The lowest BCUT2D eigenvalue weighted by atomic mass is 10.1. The topological polar surface area (TPSA) is 84.8 Å². The van der Waals surface area contributed by atoms with Crippen LogP contribution in [0.2, 0.25) is 0 Å². The third-order valence-electron chi connectivity index (χ3n) is 2.39. The Morgan fingerprint density at radius 1 is 1.56 bits per heavy atom. The maximum Gasteiger partial charge on any atom is 0.274 e. The fraction of sp³-hybridized carbons (Fsp3) is 0.0909. The Hall–Kier alpha value is -2.75. The molecule has 0 atom stereocenters. The number of hydrogen-bond acceptors (Lipinski definition) is 4. The maximum atomic E-state index is 13.1. The van der Waals surface area contributed by atoms with E-state index in [2.05, 4.69) is 4.98 Å². The number of nitro groups is 1. The van der Waals surface area contributed by atoms with E-state index in [0.717, 1.165) is 18.2 Å². The predicted molar refractivity (Wildman–Crippen MR) is 59.1 cm³/mol. The smallest absolute Gasteiger partial charge is 0.274 e. The summed E-state index contributed by atoms with van der Waals surface area (Å²) in [6.45, 7) is 0.0248. The molecule has 0 fully saturated rings. The second kappa shape index (κ2) is 4.63. The lowest BCUT2D eigenvalue weighted by Crippen LogP contribution is -2.05. The molecule has 1 aromatic heterocycles. The van der Waals surface area contributed by atoms with Gasteiger partial charge in [-0.25, -0.2) is 9.37 Å². The molecule has 0 N–H and O–H groups in total. The van der Waals surface area contributed by atoms with Gasteiger partial charge in [-0.2, -0.15) is 5.26 Å². The lowest BCUT2D eigenvalue weighted by molar-refractivity contribution is -0.385. The van der Waals surface area contributed by atoms with E-state index in [1.807, 2.05) is 6.07 Å². The Kier molecular flexibility index (Phi) is 3.02. The zero-order chi connectivity index (χ0) is 13.1. The Labute approximate surface area is 101 Å². The average Bonchev–Trinajstić information content (AvgIpc) is 2.76. The first kappa shape index (κ1) is 11.7. The minimum Gasteiger partial charge on any atom is -0.318 e. The number of nitro benzene ring substituents is 1. The van der Waals surface area contributed by atoms with Gasteiger partial charge in [0.2, 0.25) is 5.82 Å². The van der Waals surface area contributed by atoms with Crippen LogP contribution in [0.1, 0.15) is 11.4 Å². The van der Waals surface area contributed by atoms with Crippen molar-refractivity contribution in [2.24, 2.45) is 0 Å². The number of benzene rings is 1. The quantitative estimate of drug-likeness (QED) is 0.611. The van der Waals surface area contributed by atoms with Crippen molar-refractivity contribution in [2.45, 2.75) is 6.54 Å². The third-order valence-corrected chi connectivity index (χ3v) is 2.39. The molecule has 6 nitrogen and oxygen atoms in total. The van der Waals surface area contributed by atoms with Gasteiger partial charge in [0.25, 0.3) is 5.69 Å². The molecule has 90 valence electrons. The molecule has 0 aliphatic heterocycles. The molecular weight excluding hydrogens is 239 g/mol. The minimum atomic E-state index is -0.586. The van der Waals surface area contributed by atoms with Crippen molar-refractivity contribution in [3.05, 3.63) is 57.9 Å². The van der Waals surface area contributed by atoms with E-state index in [0.29, 0.717) is 0 Å². The summed E-state index contributed by atoms with van der Waals surface area (Å²) in [7, 11) is 0. The number of nitrogens with zero attached hydrogens (tertiary/aromatic N) is 4. The zero-order valence-electron chi connectivity index (χ0n) is 9.08. The fourth-order valence-electron chi connectivity index (χ4n) is 1.59. The van der Waals surface area contributed by atoms with Crippen LogP contribution in [0.4, 0.5) is 10.1 Å². The van der Waals surface area contributed by atoms with Crippen molar-refractivity contribution in [3.8, 4) is 6.07 Å². The molecule has 2 rings (SSSR count). The van der Waals surface area contributed by atoms with Crippen LogP contribution in [0.3, 0.4) is 0 Å². The molecule has 7 heteroatoms. The number of rotatable bonds is 3. The minimum absolute atomic E-state index is 0.0248. The normalized spacial score (nSPS) is 10.0. The van der Waals surface area contributed by atoms with Crippen molar-refractivity contribution in [1.29, 1.82) is 5.26 Å². The maximum absolute atomic E-state index is 13.1. The van der Waals surface area contributed by atoms with Crippen LogP contribution in [-0.2, 0) is 6.54 Å². The summed E-state index contributed by atoms with van der Waals surface area (Å²) in [6.07, 6.45) is 2.91. The summed E-state index contributed by atoms with van der Waals surface area (Å²) < 4.78 is 14.5. The van der Waals surface area contributed by atoms with Gasteiger partial charge >= 0.3 is 0 Å².